The van der Waals surface area contributed by atoms with Crippen LogP contribution < -0.4 is 15.6 Å². The van der Waals surface area contributed by atoms with Crippen LogP contribution in [0.25, 0.3) is 0 Å². The lowest BCUT2D eigenvalue weighted by atomic mass is 10.1. The van der Waals surface area contributed by atoms with E-state index in [9.17, 15) is 22.4 Å². The molecule has 0 aliphatic heterocycles. The van der Waals surface area contributed by atoms with Gasteiger partial charge in [-0.1, -0.05) is 12.1 Å². The molecule has 0 atom stereocenters. The Morgan fingerprint density at radius 3 is 2.56 bits per heavy atom. The number of methoxy groups -OCH3 is 1. The number of carbonyl (C=O) groups excluding carboxylic acids is 1. The summed E-state index contributed by atoms with van der Waals surface area (Å²) < 4.78 is 56.2. The molecule has 134 valence electrons. The fourth-order valence-corrected chi connectivity index (χ4v) is 2.10. The molecule has 0 unspecified atom stereocenters. The zero-order chi connectivity index (χ0) is 18.4. The molecule has 0 saturated carbocycles. The largest absolute Gasteiger partial charge is 0.494 e. The van der Waals surface area contributed by atoms with Crippen molar-refractivity contribution >= 4 is 11.6 Å². The topological polar surface area (TPSA) is 50.4 Å². The van der Waals surface area contributed by atoms with E-state index in [0.29, 0.717) is 5.56 Å². The Hall–Kier alpha value is -2.77. The highest BCUT2D eigenvalue weighted by molar-refractivity contribution is 5.77. The number of anilines is 1. The second-order valence-electron chi connectivity index (χ2n) is 5.22. The minimum absolute atomic E-state index is 0.0394. The van der Waals surface area contributed by atoms with E-state index in [1.54, 1.807) is 6.07 Å². The Balaban J connectivity index is 1.86. The van der Waals surface area contributed by atoms with Gasteiger partial charge in [-0.2, -0.15) is 13.2 Å². The predicted octanol–water partition coefficient (Wildman–Crippen LogP) is 3.93. The van der Waals surface area contributed by atoms with Crippen molar-refractivity contribution in [3.8, 4) is 5.75 Å². The summed E-state index contributed by atoms with van der Waals surface area (Å²) in [6.45, 7) is 0. The molecule has 2 N–H and O–H groups in total. The van der Waals surface area contributed by atoms with Crippen molar-refractivity contribution in [2.75, 3.05) is 12.5 Å². The van der Waals surface area contributed by atoms with Crippen molar-refractivity contribution in [3.63, 3.8) is 0 Å². The zero-order valence-corrected chi connectivity index (χ0v) is 13.3. The van der Waals surface area contributed by atoms with E-state index in [4.69, 9.17) is 4.74 Å². The number of halogens is 4. The Morgan fingerprint density at radius 1 is 1.16 bits per heavy atom. The van der Waals surface area contributed by atoms with Crippen molar-refractivity contribution in [2.24, 2.45) is 0 Å². The van der Waals surface area contributed by atoms with Gasteiger partial charge in [0, 0.05) is 6.42 Å². The number of aryl methyl sites for hydroxylation is 1. The second kappa shape index (κ2) is 7.87. The molecular weight excluding hydrogens is 340 g/mol. The van der Waals surface area contributed by atoms with Gasteiger partial charge in [0.25, 0.3) is 0 Å². The number of amides is 1. The van der Waals surface area contributed by atoms with Gasteiger partial charge >= 0.3 is 6.18 Å². The molecule has 0 aromatic heterocycles. The Kier molecular flexibility index (Phi) is 5.84. The lowest BCUT2D eigenvalue weighted by Crippen LogP contribution is -2.29. The number of hydrogen-bond acceptors (Lipinski definition) is 3. The summed E-state index contributed by atoms with van der Waals surface area (Å²) in [4.78, 5) is 11.8. The first-order chi connectivity index (χ1) is 11.8. The summed E-state index contributed by atoms with van der Waals surface area (Å²) in [5.74, 6) is -0.851. The van der Waals surface area contributed by atoms with Gasteiger partial charge in [0.05, 0.1) is 18.4 Å². The van der Waals surface area contributed by atoms with E-state index in [2.05, 4.69) is 10.9 Å². The number of ether oxygens (including phenoxy) is 1. The van der Waals surface area contributed by atoms with Gasteiger partial charge in [0.1, 0.15) is 0 Å². The summed E-state index contributed by atoms with van der Waals surface area (Å²) in [5.41, 5.74) is 4.63. The van der Waals surface area contributed by atoms with Crippen LogP contribution in [0.4, 0.5) is 23.2 Å². The molecule has 2 rings (SSSR count). The molecule has 0 bridgehead atoms. The standard InChI is InChI=1S/C17H16F4N2O2/c1-25-15-7-5-11(9-14(15)18)6-8-16(24)23-22-13-4-2-3-12(10-13)17(19,20)21/h2-5,7,9-10,22H,6,8H2,1H3,(H,23,24). The number of benzene rings is 2. The highest BCUT2D eigenvalue weighted by Crippen LogP contribution is 2.30. The van der Waals surface area contributed by atoms with Crippen LogP contribution in [0.1, 0.15) is 17.5 Å². The first-order valence-electron chi connectivity index (χ1n) is 7.34. The highest BCUT2D eigenvalue weighted by atomic mass is 19.4. The third kappa shape index (κ3) is 5.37. The lowest BCUT2D eigenvalue weighted by Gasteiger charge is -2.11. The van der Waals surface area contributed by atoms with Crippen LogP contribution in [-0.4, -0.2) is 13.0 Å². The number of nitrogens with one attached hydrogen (secondary N) is 2. The molecule has 1 amide bonds. The number of hydrogen-bond donors (Lipinski definition) is 2. The molecule has 8 heteroatoms. The normalized spacial score (nSPS) is 11.1. The van der Waals surface area contributed by atoms with Crippen molar-refractivity contribution in [1.29, 1.82) is 0 Å². The Labute approximate surface area is 141 Å². The maximum absolute atomic E-state index is 13.5. The van der Waals surface area contributed by atoms with Crippen molar-refractivity contribution in [1.82, 2.24) is 5.43 Å². The van der Waals surface area contributed by atoms with E-state index in [0.717, 1.165) is 12.1 Å². The van der Waals surface area contributed by atoms with Gasteiger partial charge in [-0.3, -0.25) is 15.6 Å². The van der Waals surface area contributed by atoms with Crippen LogP contribution in [0.5, 0.6) is 5.75 Å². The van der Waals surface area contributed by atoms with Crippen LogP contribution in [0.2, 0.25) is 0 Å². The average Bonchev–Trinajstić information content (AvgIpc) is 2.58. The number of carbonyl (C=O) groups is 1. The molecule has 0 fully saturated rings. The molecule has 2 aromatic rings. The fraction of sp³-hybridized carbons (Fsp3) is 0.235. The Morgan fingerprint density at radius 2 is 1.92 bits per heavy atom. The first kappa shape index (κ1) is 18.6. The quantitative estimate of drug-likeness (QED) is 0.609. The van der Waals surface area contributed by atoms with E-state index in [1.807, 2.05) is 0 Å². The van der Waals surface area contributed by atoms with Crippen molar-refractivity contribution in [3.05, 3.63) is 59.4 Å². The molecule has 2 aromatic carbocycles. The average molecular weight is 356 g/mol. The summed E-state index contributed by atoms with van der Waals surface area (Å²) in [5, 5.41) is 0. The van der Waals surface area contributed by atoms with Gasteiger partial charge < -0.3 is 4.74 Å². The van der Waals surface area contributed by atoms with Crippen LogP contribution in [0.3, 0.4) is 0 Å². The van der Waals surface area contributed by atoms with Crippen LogP contribution in [0.15, 0.2) is 42.5 Å². The fourth-order valence-electron chi connectivity index (χ4n) is 2.10. The van der Waals surface area contributed by atoms with Crippen molar-refractivity contribution < 1.29 is 27.1 Å². The minimum Gasteiger partial charge on any atom is -0.494 e. The molecular formula is C17H16F4N2O2. The number of rotatable bonds is 6. The van der Waals surface area contributed by atoms with E-state index >= 15 is 0 Å². The van der Waals surface area contributed by atoms with Crippen LogP contribution >= 0.6 is 0 Å². The predicted molar refractivity (Wildman–Crippen MR) is 84.5 cm³/mol. The summed E-state index contributed by atoms with van der Waals surface area (Å²) in [7, 11) is 1.35. The molecule has 0 heterocycles. The first-order valence-corrected chi connectivity index (χ1v) is 7.34. The monoisotopic (exact) mass is 356 g/mol. The molecule has 0 radical (unpaired) electrons. The molecule has 0 aliphatic carbocycles. The van der Waals surface area contributed by atoms with Gasteiger partial charge in [-0.05, 0) is 42.3 Å². The van der Waals surface area contributed by atoms with Gasteiger partial charge in [-0.25, -0.2) is 4.39 Å². The van der Waals surface area contributed by atoms with Crippen LogP contribution in [-0.2, 0) is 17.4 Å². The maximum atomic E-state index is 13.5. The van der Waals surface area contributed by atoms with Crippen LogP contribution in [0, 0.1) is 5.82 Å². The van der Waals surface area contributed by atoms with E-state index in [-0.39, 0.29) is 24.3 Å². The smallest absolute Gasteiger partial charge is 0.416 e. The Bertz CT molecular complexity index is 748. The van der Waals surface area contributed by atoms with E-state index < -0.39 is 23.5 Å². The molecule has 4 nitrogen and oxygen atoms in total. The van der Waals surface area contributed by atoms with Gasteiger partial charge in [0.2, 0.25) is 5.91 Å². The third-order valence-corrected chi connectivity index (χ3v) is 3.39. The lowest BCUT2D eigenvalue weighted by molar-refractivity contribution is -0.137. The zero-order valence-electron chi connectivity index (χ0n) is 13.3. The summed E-state index contributed by atoms with van der Waals surface area (Å²) in [6, 6.07) is 8.82. The number of alkyl halides is 3. The van der Waals surface area contributed by atoms with Crippen molar-refractivity contribution in [2.45, 2.75) is 19.0 Å². The summed E-state index contributed by atoms with van der Waals surface area (Å²) >= 11 is 0. The highest BCUT2D eigenvalue weighted by Gasteiger charge is 2.30. The SMILES string of the molecule is COc1ccc(CCC(=O)NNc2cccc(C(F)(F)F)c2)cc1F. The third-order valence-electron chi connectivity index (χ3n) is 3.39. The van der Waals surface area contributed by atoms with Gasteiger partial charge in [0.15, 0.2) is 11.6 Å². The molecule has 0 spiro atoms. The maximum Gasteiger partial charge on any atom is 0.416 e. The van der Waals surface area contributed by atoms with E-state index in [1.165, 1.54) is 31.4 Å². The minimum atomic E-state index is -4.46. The summed E-state index contributed by atoms with van der Waals surface area (Å²) in [6.07, 6.45) is -4.14. The van der Waals surface area contributed by atoms with Gasteiger partial charge in [-0.15, -0.1) is 0 Å². The molecule has 0 saturated heterocycles. The molecule has 25 heavy (non-hydrogen) atoms. The number of hydrazine groups is 1. The second-order valence-corrected chi connectivity index (χ2v) is 5.22. The molecule has 0 aliphatic rings.